The normalized spacial score (nSPS) is 12.5. The quantitative estimate of drug-likeness (QED) is 0.746. The van der Waals surface area contributed by atoms with Gasteiger partial charge in [0.05, 0.1) is 12.8 Å². The van der Waals surface area contributed by atoms with Gasteiger partial charge in [-0.3, -0.25) is 0 Å². The van der Waals surface area contributed by atoms with E-state index in [-0.39, 0.29) is 12.1 Å². The van der Waals surface area contributed by atoms with Gasteiger partial charge in [0.1, 0.15) is 16.0 Å². The molecule has 1 rings (SSSR count). The zero-order valence-electron chi connectivity index (χ0n) is 10.1. The Kier molecular flexibility index (Phi) is 4.89. The Bertz CT molecular complexity index is 362. The number of aromatic nitrogens is 1. The van der Waals surface area contributed by atoms with Gasteiger partial charge in [-0.2, -0.15) is 0 Å². The molecule has 1 aromatic heterocycles. The number of esters is 1. The Labute approximate surface area is 99.6 Å². The molecule has 0 aliphatic rings. The Morgan fingerprint density at radius 3 is 2.69 bits per heavy atom. The summed E-state index contributed by atoms with van der Waals surface area (Å²) in [4.78, 5) is 16.4. The van der Waals surface area contributed by atoms with Crippen LogP contribution in [0.2, 0.25) is 0 Å². The number of methoxy groups -OCH3 is 2. The Hall–Kier alpha value is -0.940. The lowest BCUT2D eigenvalue weighted by Crippen LogP contribution is -2.00. The summed E-state index contributed by atoms with van der Waals surface area (Å²) in [6.07, 6.45) is 1.90. The maximum atomic E-state index is 11.4. The largest absolute Gasteiger partial charge is 0.465 e. The van der Waals surface area contributed by atoms with Crippen LogP contribution in [0.3, 0.4) is 0 Å². The molecule has 0 radical (unpaired) electrons. The number of hydrogen-bond acceptors (Lipinski definition) is 5. The molecule has 0 aromatic carbocycles. The number of ether oxygens (including phenoxy) is 2. The molecule has 0 saturated carbocycles. The average molecular weight is 243 g/mol. The number of hydrogen-bond donors (Lipinski definition) is 0. The third-order valence-corrected chi connectivity index (χ3v) is 3.52. The number of aryl methyl sites for hydroxylation is 1. The number of carbonyl (C=O) groups excluding carboxylic acids is 1. The van der Waals surface area contributed by atoms with E-state index in [1.807, 2.05) is 6.92 Å². The van der Waals surface area contributed by atoms with Crippen LogP contribution in [0.15, 0.2) is 0 Å². The van der Waals surface area contributed by atoms with E-state index < -0.39 is 0 Å². The highest BCUT2D eigenvalue weighted by molar-refractivity contribution is 7.13. The highest BCUT2D eigenvalue weighted by Crippen LogP contribution is 2.28. The molecule has 4 nitrogen and oxygen atoms in total. The van der Waals surface area contributed by atoms with Crippen molar-refractivity contribution < 1.29 is 14.3 Å². The highest BCUT2D eigenvalue weighted by atomic mass is 32.1. The molecular weight excluding hydrogens is 226 g/mol. The zero-order valence-corrected chi connectivity index (χ0v) is 10.9. The van der Waals surface area contributed by atoms with E-state index in [4.69, 9.17) is 9.47 Å². The van der Waals surface area contributed by atoms with E-state index >= 15 is 0 Å². The lowest BCUT2D eigenvalue weighted by atomic mass is 10.2. The second-order valence-corrected chi connectivity index (χ2v) is 4.50. The van der Waals surface area contributed by atoms with E-state index in [0.29, 0.717) is 10.6 Å². The van der Waals surface area contributed by atoms with E-state index in [9.17, 15) is 4.79 Å². The molecule has 0 fully saturated rings. The first-order valence-electron chi connectivity index (χ1n) is 5.22. The third kappa shape index (κ3) is 2.80. The zero-order chi connectivity index (χ0) is 12.1. The number of carbonyl (C=O) groups is 1. The lowest BCUT2D eigenvalue weighted by molar-refractivity contribution is 0.0605. The van der Waals surface area contributed by atoms with Crippen molar-refractivity contribution in [2.45, 2.75) is 32.8 Å². The van der Waals surface area contributed by atoms with Gasteiger partial charge in [0, 0.05) is 7.11 Å². The van der Waals surface area contributed by atoms with Gasteiger partial charge in [-0.05, 0) is 13.3 Å². The van der Waals surface area contributed by atoms with Crippen molar-refractivity contribution in [1.29, 1.82) is 0 Å². The first kappa shape index (κ1) is 13.1. The van der Waals surface area contributed by atoms with Crippen LogP contribution in [0.4, 0.5) is 0 Å². The Morgan fingerprint density at radius 1 is 1.50 bits per heavy atom. The minimum atomic E-state index is -0.326. The van der Waals surface area contributed by atoms with Gasteiger partial charge in [-0.25, -0.2) is 9.78 Å². The molecule has 0 spiro atoms. The summed E-state index contributed by atoms with van der Waals surface area (Å²) < 4.78 is 10.0. The molecule has 1 atom stereocenters. The van der Waals surface area contributed by atoms with Gasteiger partial charge < -0.3 is 9.47 Å². The smallest absolute Gasteiger partial charge is 0.349 e. The SMILES string of the molecule is CCCC(OC)c1nc(C)c(C(=O)OC)s1. The van der Waals surface area contributed by atoms with Crippen molar-refractivity contribution in [1.82, 2.24) is 4.98 Å². The molecule has 16 heavy (non-hydrogen) atoms. The van der Waals surface area contributed by atoms with E-state index in [2.05, 4.69) is 11.9 Å². The summed E-state index contributed by atoms with van der Waals surface area (Å²) in [5, 5.41) is 0.849. The fourth-order valence-corrected chi connectivity index (χ4v) is 2.54. The van der Waals surface area contributed by atoms with Crippen molar-refractivity contribution in [3.63, 3.8) is 0 Å². The molecule has 0 N–H and O–H groups in total. The number of rotatable bonds is 5. The van der Waals surface area contributed by atoms with Gasteiger partial charge in [-0.1, -0.05) is 13.3 Å². The maximum absolute atomic E-state index is 11.4. The van der Waals surface area contributed by atoms with Gasteiger partial charge in [0.2, 0.25) is 0 Å². The molecule has 0 aliphatic carbocycles. The van der Waals surface area contributed by atoms with Gasteiger partial charge in [-0.15, -0.1) is 11.3 Å². The van der Waals surface area contributed by atoms with Crippen LogP contribution in [0.5, 0.6) is 0 Å². The molecule has 5 heteroatoms. The fraction of sp³-hybridized carbons (Fsp3) is 0.636. The van der Waals surface area contributed by atoms with Gasteiger partial charge in [0.25, 0.3) is 0 Å². The number of nitrogens with zero attached hydrogens (tertiary/aromatic N) is 1. The van der Waals surface area contributed by atoms with Crippen LogP contribution in [-0.4, -0.2) is 25.2 Å². The summed E-state index contributed by atoms with van der Waals surface area (Å²) in [7, 11) is 3.04. The maximum Gasteiger partial charge on any atom is 0.349 e. The first-order valence-corrected chi connectivity index (χ1v) is 6.04. The molecule has 90 valence electrons. The van der Waals surface area contributed by atoms with Crippen LogP contribution in [0.25, 0.3) is 0 Å². The first-order chi connectivity index (χ1) is 7.63. The van der Waals surface area contributed by atoms with E-state index in [1.54, 1.807) is 7.11 Å². The summed E-state index contributed by atoms with van der Waals surface area (Å²) >= 11 is 1.35. The van der Waals surface area contributed by atoms with Crippen LogP contribution in [0, 0.1) is 6.92 Å². The fourth-order valence-electron chi connectivity index (χ4n) is 1.44. The van der Waals surface area contributed by atoms with Crippen molar-refractivity contribution in [3.05, 3.63) is 15.6 Å². The molecule has 1 aromatic rings. The van der Waals surface area contributed by atoms with Crippen molar-refractivity contribution >= 4 is 17.3 Å². The van der Waals surface area contributed by atoms with Crippen LogP contribution in [-0.2, 0) is 9.47 Å². The Balaban J connectivity index is 2.94. The summed E-state index contributed by atoms with van der Waals surface area (Å²) in [5.41, 5.74) is 0.713. The molecular formula is C11H17NO3S. The summed E-state index contributed by atoms with van der Waals surface area (Å²) in [5.74, 6) is -0.326. The summed E-state index contributed by atoms with van der Waals surface area (Å²) in [6.45, 7) is 3.90. The van der Waals surface area contributed by atoms with Crippen molar-refractivity contribution in [3.8, 4) is 0 Å². The van der Waals surface area contributed by atoms with E-state index in [0.717, 1.165) is 17.8 Å². The second kappa shape index (κ2) is 5.96. The minimum absolute atomic E-state index is 0.0212. The molecule has 1 unspecified atom stereocenters. The van der Waals surface area contributed by atoms with Crippen LogP contribution < -0.4 is 0 Å². The number of thiazole rings is 1. The predicted molar refractivity (Wildman–Crippen MR) is 62.8 cm³/mol. The molecule has 0 aliphatic heterocycles. The third-order valence-electron chi connectivity index (χ3n) is 2.29. The minimum Gasteiger partial charge on any atom is -0.465 e. The molecule has 0 amide bonds. The highest BCUT2D eigenvalue weighted by Gasteiger charge is 2.20. The van der Waals surface area contributed by atoms with Gasteiger partial charge >= 0.3 is 5.97 Å². The van der Waals surface area contributed by atoms with Crippen molar-refractivity contribution in [2.75, 3.05) is 14.2 Å². The predicted octanol–water partition coefficient (Wildman–Crippen LogP) is 2.73. The van der Waals surface area contributed by atoms with Gasteiger partial charge in [0.15, 0.2) is 0 Å². The molecule has 0 saturated heterocycles. The summed E-state index contributed by atoms with van der Waals surface area (Å²) in [6, 6.07) is 0. The average Bonchev–Trinajstić information content (AvgIpc) is 2.67. The molecule has 0 bridgehead atoms. The lowest BCUT2D eigenvalue weighted by Gasteiger charge is -2.10. The molecule has 1 heterocycles. The monoisotopic (exact) mass is 243 g/mol. The van der Waals surface area contributed by atoms with E-state index in [1.165, 1.54) is 18.4 Å². The standard InChI is InChI=1S/C11H17NO3S/c1-5-6-8(14-3)10-12-7(2)9(16-10)11(13)15-4/h8H,5-6H2,1-4H3. The van der Waals surface area contributed by atoms with Crippen LogP contribution in [0.1, 0.15) is 46.2 Å². The second-order valence-electron chi connectivity index (χ2n) is 3.47. The van der Waals surface area contributed by atoms with Crippen LogP contribution >= 0.6 is 11.3 Å². The van der Waals surface area contributed by atoms with Crippen molar-refractivity contribution in [2.24, 2.45) is 0 Å². The topological polar surface area (TPSA) is 48.4 Å². The Morgan fingerprint density at radius 2 is 2.19 bits per heavy atom.